The van der Waals surface area contributed by atoms with Crippen LogP contribution >= 0.6 is 11.6 Å². The Labute approximate surface area is 103 Å². The van der Waals surface area contributed by atoms with Crippen LogP contribution in [-0.2, 0) is 6.54 Å². The van der Waals surface area contributed by atoms with E-state index in [4.69, 9.17) is 11.6 Å². The van der Waals surface area contributed by atoms with E-state index in [1.165, 1.54) is 4.57 Å². The van der Waals surface area contributed by atoms with Crippen LogP contribution in [0.25, 0.3) is 11.2 Å². The molecule has 2 aromatic rings. The number of hydrogen-bond acceptors (Lipinski definition) is 3. The number of nitrogens with zero attached hydrogens (tertiary/aromatic N) is 3. The van der Waals surface area contributed by atoms with Gasteiger partial charge in [0.2, 0.25) is 5.28 Å². The molecule has 2 aromatic heterocycles. The van der Waals surface area contributed by atoms with E-state index < -0.39 is 0 Å². The highest BCUT2D eigenvalue weighted by Crippen LogP contribution is 2.38. The Morgan fingerprint density at radius 1 is 1.47 bits per heavy atom. The smallest absolute Gasteiger partial charge is 0.280 e. The van der Waals surface area contributed by atoms with Gasteiger partial charge in [-0.25, -0.2) is 4.98 Å². The topological polar surface area (TPSA) is 63.6 Å². The number of nitrogens with one attached hydrogen (secondary N) is 1. The molecule has 1 N–H and O–H groups in total. The summed E-state index contributed by atoms with van der Waals surface area (Å²) in [5, 5.41) is 0.221. The molecule has 0 aliphatic heterocycles. The first-order chi connectivity index (χ1) is 8.20. The molecule has 2 heterocycles. The van der Waals surface area contributed by atoms with E-state index in [1.54, 1.807) is 0 Å². The molecule has 0 amide bonds. The summed E-state index contributed by atoms with van der Waals surface area (Å²) in [5.41, 5.74) is 0.792. The summed E-state index contributed by atoms with van der Waals surface area (Å²) in [6, 6.07) is 0. The van der Waals surface area contributed by atoms with Gasteiger partial charge in [0.1, 0.15) is 5.82 Å². The summed E-state index contributed by atoms with van der Waals surface area (Å²) in [7, 11) is 0. The zero-order valence-corrected chi connectivity index (χ0v) is 10.3. The van der Waals surface area contributed by atoms with Crippen LogP contribution in [0.3, 0.4) is 0 Å². The van der Waals surface area contributed by atoms with Crippen molar-refractivity contribution in [2.45, 2.75) is 38.6 Å². The molecule has 90 valence electrons. The Balaban J connectivity index is 2.21. The van der Waals surface area contributed by atoms with Gasteiger partial charge in [-0.05, 0) is 30.9 Å². The first kappa shape index (κ1) is 10.8. The number of aromatic nitrogens is 4. The number of H-pyrrole nitrogens is 1. The van der Waals surface area contributed by atoms with Crippen LogP contribution in [0, 0.1) is 0 Å². The molecule has 0 bridgehead atoms. The molecule has 0 atom stereocenters. The third-order valence-electron chi connectivity index (χ3n) is 2.99. The highest BCUT2D eigenvalue weighted by atomic mass is 35.5. The molecule has 0 unspecified atom stereocenters. The second-order valence-corrected chi connectivity index (χ2v) is 4.77. The van der Waals surface area contributed by atoms with Crippen molar-refractivity contribution in [1.29, 1.82) is 0 Å². The van der Waals surface area contributed by atoms with E-state index in [-0.39, 0.29) is 10.8 Å². The monoisotopic (exact) mass is 252 g/mol. The van der Waals surface area contributed by atoms with Gasteiger partial charge in [-0.15, -0.1) is 0 Å². The predicted octanol–water partition coefficient (Wildman–Crippen LogP) is 2.06. The normalized spacial score (nSPS) is 15.6. The maximum atomic E-state index is 12.2. The van der Waals surface area contributed by atoms with Gasteiger partial charge in [-0.1, -0.05) is 6.92 Å². The molecule has 1 fully saturated rings. The van der Waals surface area contributed by atoms with Crippen molar-refractivity contribution >= 4 is 22.8 Å². The third-order valence-corrected chi connectivity index (χ3v) is 3.28. The average molecular weight is 253 g/mol. The van der Waals surface area contributed by atoms with Crippen molar-refractivity contribution in [2.24, 2.45) is 0 Å². The summed E-state index contributed by atoms with van der Waals surface area (Å²) in [6.45, 7) is 2.58. The van der Waals surface area contributed by atoms with Gasteiger partial charge >= 0.3 is 0 Å². The van der Waals surface area contributed by atoms with E-state index in [0.29, 0.717) is 23.6 Å². The van der Waals surface area contributed by atoms with Crippen molar-refractivity contribution in [1.82, 2.24) is 19.5 Å². The summed E-state index contributed by atoms with van der Waals surface area (Å²) in [5.74, 6) is 1.34. The van der Waals surface area contributed by atoms with Gasteiger partial charge in [0.05, 0.1) is 0 Å². The summed E-state index contributed by atoms with van der Waals surface area (Å²) < 4.78 is 1.48. The van der Waals surface area contributed by atoms with Crippen LogP contribution in [0.4, 0.5) is 0 Å². The molecule has 1 aliphatic rings. The molecule has 0 spiro atoms. The molecule has 17 heavy (non-hydrogen) atoms. The number of hydrogen-bond donors (Lipinski definition) is 1. The fraction of sp³-hybridized carbons (Fsp3) is 0.545. The highest BCUT2D eigenvalue weighted by Gasteiger charge is 2.27. The zero-order valence-electron chi connectivity index (χ0n) is 9.53. The van der Waals surface area contributed by atoms with Crippen molar-refractivity contribution < 1.29 is 0 Å². The van der Waals surface area contributed by atoms with Gasteiger partial charge in [0, 0.05) is 12.5 Å². The van der Waals surface area contributed by atoms with E-state index in [0.717, 1.165) is 25.1 Å². The third kappa shape index (κ3) is 1.74. The van der Waals surface area contributed by atoms with Crippen molar-refractivity contribution in [3.05, 3.63) is 21.5 Å². The maximum Gasteiger partial charge on any atom is 0.280 e. The Morgan fingerprint density at radius 3 is 2.88 bits per heavy atom. The Morgan fingerprint density at radius 2 is 2.24 bits per heavy atom. The lowest BCUT2D eigenvalue weighted by Gasteiger charge is -2.04. The van der Waals surface area contributed by atoms with E-state index in [9.17, 15) is 4.79 Å². The summed E-state index contributed by atoms with van der Waals surface area (Å²) in [6.07, 6.45) is 3.11. The van der Waals surface area contributed by atoms with E-state index in [1.807, 2.05) is 6.92 Å². The standard InChI is InChI=1S/C11H13ClN4O/c1-2-5-16-10(17)7-9(15-11(16)12)14-8(13-7)6-3-4-6/h6H,2-5H2,1H3,(H,13,14). The van der Waals surface area contributed by atoms with Gasteiger partial charge < -0.3 is 4.98 Å². The quantitative estimate of drug-likeness (QED) is 0.851. The molecule has 0 saturated heterocycles. The molecule has 0 radical (unpaired) electrons. The van der Waals surface area contributed by atoms with E-state index in [2.05, 4.69) is 15.0 Å². The summed E-state index contributed by atoms with van der Waals surface area (Å²) in [4.78, 5) is 23.8. The molecule has 1 saturated carbocycles. The molecule has 3 rings (SSSR count). The Kier molecular flexibility index (Phi) is 2.43. The molecular formula is C11H13ClN4O. The minimum Gasteiger partial charge on any atom is -0.336 e. The lowest BCUT2D eigenvalue weighted by atomic mass is 10.4. The fourth-order valence-electron chi connectivity index (χ4n) is 1.95. The van der Waals surface area contributed by atoms with Crippen molar-refractivity contribution in [2.75, 3.05) is 0 Å². The van der Waals surface area contributed by atoms with Crippen LogP contribution in [0.2, 0.25) is 5.28 Å². The van der Waals surface area contributed by atoms with Crippen LogP contribution in [0.15, 0.2) is 4.79 Å². The summed E-state index contributed by atoms with van der Waals surface area (Å²) >= 11 is 5.99. The Hall–Kier alpha value is -1.36. The molecule has 5 nitrogen and oxygen atoms in total. The second-order valence-electron chi connectivity index (χ2n) is 4.43. The molecular weight excluding hydrogens is 240 g/mol. The van der Waals surface area contributed by atoms with Crippen LogP contribution in [0.5, 0.6) is 0 Å². The lowest BCUT2D eigenvalue weighted by Crippen LogP contribution is -2.22. The number of imidazole rings is 1. The maximum absolute atomic E-state index is 12.2. The number of aromatic amines is 1. The van der Waals surface area contributed by atoms with Gasteiger partial charge in [0.25, 0.3) is 5.56 Å². The molecule has 0 aromatic carbocycles. The van der Waals surface area contributed by atoms with Gasteiger partial charge in [0.15, 0.2) is 11.2 Å². The number of rotatable bonds is 3. The molecule has 1 aliphatic carbocycles. The minimum atomic E-state index is -0.124. The fourth-order valence-corrected chi connectivity index (χ4v) is 2.19. The first-order valence-corrected chi connectivity index (χ1v) is 6.24. The van der Waals surface area contributed by atoms with Crippen LogP contribution < -0.4 is 5.56 Å². The average Bonchev–Trinajstić information content (AvgIpc) is 3.06. The van der Waals surface area contributed by atoms with Gasteiger partial charge in [-0.3, -0.25) is 9.36 Å². The second kappa shape index (κ2) is 3.84. The lowest BCUT2D eigenvalue weighted by molar-refractivity contribution is 0.648. The zero-order chi connectivity index (χ0) is 12.0. The minimum absolute atomic E-state index is 0.124. The predicted molar refractivity (Wildman–Crippen MR) is 65.4 cm³/mol. The van der Waals surface area contributed by atoms with Crippen molar-refractivity contribution in [3.8, 4) is 0 Å². The highest BCUT2D eigenvalue weighted by molar-refractivity contribution is 6.28. The molecule has 6 heteroatoms. The van der Waals surface area contributed by atoms with Crippen molar-refractivity contribution in [3.63, 3.8) is 0 Å². The van der Waals surface area contributed by atoms with Crippen LogP contribution in [-0.4, -0.2) is 19.5 Å². The SMILES string of the molecule is CCCn1c(Cl)nc2nc(C3CC3)[nH]c2c1=O. The first-order valence-electron chi connectivity index (χ1n) is 5.86. The van der Waals surface area contributed by atoms with Gasteiger partial charge in [-0.2, -0.15) is 4.98 Å². The van der Waals surface area contributed by atoms with E-state index >= 15 is 0 Å². The largest absolute Gasteiger partial charge is 0.336 e. The Bertz CT molecular complexity index is 626. The number of halogens is 1. The number of fused-ring (bicyclic) bond motifs is 1. The van der Waals surface area contributed by atoms with Crippen LogP contribution in [0.1, 0.15) is 37.9 Å².